The summed E-state index contributed by atoms with van der Waals surface area (Å²) in [6.07, 6.45) is 2.50. The summed E-state index contributed by atoms with van der Waals surface area (Å²) in [7, 11) is 0. The van der Waals surface area contributed by atoms with Crippen LogP contribution in [-0.2, 0) is 0 Å². The molecule has 6 aromatic carbocycles. The molecule has 0 atom stereocenters. The van der Waals surface area contributed by atoms with Crippen molar-refractivity contribution >= 4 is 0 Å². The Hall–Kier alpha value is -4.68. The van der Waals surface area contributed by atoms with Gasteiger partial charge < -0.3 is 0 Å². The van der Waals surface area contributed by atoms with E-state index < -0.39 is 0 Å². The van der Waals surface area contributed by atoms with Crippen molar-refractivity contribution in [1.82, 2.24) is 0 Å². The minimum Gasteiger partial charge on any atom is -0.0656 e. The Morgan fingerprint density at radius 1 is 0.244 bits per heavy atom. The molecule has 0 aliphatic rings. The minimum atomic E-state index is 1.25. The fourth-order valence-corrected chi connectivity index (χ4v) is 4.13. The molecule has 0 N–H and O–H groups in total. The first-order valence-electron chi connectivity index (χ1n) is 16.3. The third-order valence-corrected chi connectivity index (χ3v) is 6.48. The van der Waals surface area contributed by atoms with Crippen molar-refractivity contribution in [3.05, 3.63) is 180 Å². The molecule has 0 heterocycles. The molecule has 0 saturated carbocycles. The number of benzene rings is 6. The molecule has 0 fully saturated rings. The first kappa shape index (κ1) is 36.5. The van der Waals surface area contributed by atoms with E-state index in [4.69, 9.17) is 0 Å². The van der Waals surface area contributed by atoms with Crippen molar-refractivity contribution in [2.24, 2.45) is 0 Å². The lowest BCUT2D eigenvalue weighted by molar-refractivity contribution is 1.09. The summed E-state index contributed by atoms with van der Waals surface area (Å²) >= 11 is 0. The van der Waals surface area contributed by atoms with Gasteiger partial charge in [-0.2, -0.15) is 0 Å². The highest BCUT2D eigenvalue weighted by Gasteiger charge is 1.96. The summed E-state index contributed by atoms with van der Waals surface area (Å²) in [5.41, 5.74) is 11.6. The first-order valence-corrected chi connectivity index (χ1v) is 16.3. The summed E-state index contributed by atoms with van der Waals surface area (Å²) in [5, 5.41) is 0. The maximum atomic E-state index is 2.16. The van der Waals surface area contributed by atoms with Crippen LogP contribution in [0.25, 0.3) is 33.4 Å². The lowest BCUT2D eigenvalue weighted by atomic mass is 10.0. The highest BCUT2D eigenvalue weighted by Crippen LogP contribution is 2.20. The summed E-state index contributed by atoms with van der Waals surface area (Å²) in [6.45, 7) is 14.8. The molecule has 0 heteroatoms. The molecule has 0 saturated heterocycles. The van der Waals surface area contributed by atoms with Gasteiger partial charge in [0.1, 0.15) is 0 Å². The topological polar surface area (TPSA) is 0 Å². The van der Waals surface area contributed by atoms with Gasteiger partial charge in [0.05, 0.1) is 0 Å². The third kappa shape index (κ3) is 14.6. The van der Waals surface area contributed by atoms with Gasteiger partial charge in [0, 0.05) is 0 Å². The summed E-state index contributed by atoms with van der Waals surface area (Å²) in [5.74, 6) is 0. The summed E-state index contributed by atoms with van der Waals surface area (Å²) in [4.78, 5) is 0. The van der Waals surface area contributed by atoms with E-state index in [0.717, 1.165) is 0 Å². The van der Waals surface area contributed by atoms with Crippen LogP contribution in [-0.4, -0.2) is 0 Å². The predicted octanol–water partition coefficient (Wildman–Crippen LogP) is 13.8. The van der Waals surface area contributed by atoms with Crippen LogP contribution in [0.3, 0.4) is 0 Å². The zero-order chi connectivity index (χ0) is 32.7. The lowest BCUT2D eigenvalue weighted by Crippen LogP contribution is -1.76. The Morgan fingerprint density at radius 3 is 0.578 bits per heavy atom. The van der Waals surface area contributed by atoms with Crippen LogP contribution >= 0.6 is 0 Å². The molecule has 0 nitrogen and oxygen atoms in total. The standard InChI is InChI=1S/3C13H12.2C3H8/c3*1-11-7-9-13(10-8-11)12-5-3-2-4-6-12;2*1-3-2/h3*2-10H,1H3;2*3H2,1-2H3. The van der Waals surface area contributed by atoms with Crippen molar-refractivity contribution in [2.75, 3.05) is 0 Å². The highest BCUT2D eigenvalue weighted by atomic mass is 14.0. The van der Waals surface area contributed by atoms with E-state index in [1.54, 1.807) is 0 Å². The molecule has 0 unspecified atom stereocenters. The van der Waals surface area contributed by atoms with E-state index in [0.29, 0.717) is 0 Å². The highest BCUT2D eigenvalue weighted by molar-refractivity contribution is 5.64. The fourth-order valence-electron chi connectivity index (χ4n) is 4.13. The van der Waals surface area contributed by atoms with Crippen LogP contribution in [0.1, 0.15) is 57.2 Å². The number of hydrogen-bond acceptors (Lipinski definition) is 0. The van der Waals surface area contributed by atoms with Gasteiger partial charge in [0.2, 0.25) is 0 Å². The molecule has 0 bridgehead atoms. The Kier molecular flexibility index (Phi) is 17.8. The van der Waals surface area contributed by atoms with E-state index >= 15 is 0 Å². The van der Waals surface area contributed by atoms with Gasteiger partial charge in [-0.25, -0.2) is 0 Å². The normalized spacial score (nSPS) is 9.40. The van der Waals surface area contributed by atoms with Gasteiger partial charge in [-0.1, -0.05) is 221 Å². The molecule has 232 valence electrons. The quantitative estimate of drug-likeness (QED) is 0.192. The fraction of sp³-hybridized carbons (Fsp3) is 0.200. The van der Waals surface area contributed by atoms with Gasteiger partial charge in [-0.15, -0.1) is 0 Å². The average molecular weight is 593 g/mol. The van der Waals surface area contributed by atoms with E-state index in [9.17, 15) is 0 Å². The van der Waals surface area contributed by atoms with Crippen molar-refractivity contribution in [3.8, 4) is 33.4 Å². The van der Waals surface area contributed by atoms with Crippen LogP contribution in [0.2, 0.25) is 0 Å². The Bertz CT molecular complexity index is 1340. The zero-order valence-electron chi connectivity index (χ0n) is 28.5. The minimum absolute atomic E-state index is 1.25. The molecular weight excluding hydrogens is 540 g/mol. The van der Waals surface area contributed by atoms with E-state index in [1.165, 1.54) is 62.9 Å². The maximum absolute atomic E-state index is 2.16. The molecule has 6 aromatic rings. The average Bonchev–Trinajstić information content (AvgIpc) is 3.08. The van der Waals surface area contributed by atoms with Crippen molar-refractivity contribution in [2.45, 2.75) is 61.3 Å². The molecule has 0 radical (unpaired) electrons. The molecule has 0 amide bonds. The first-order chi connectivity index (χ1) is 21.9. The lowest BCUT2D eigenvalue weighted by Gasteiger charge is -2.00. The van der Waals surface area contributed by atoms with Crippen LogP contribution in [0.5, 0.6) is 0 Å². The molecular formula is C45H52. The predicted molar refractivity (Wildman–Crippen MR) is 202 cm³/mol. The van der Waals surface area contributed by atoms with Crippen molar-refractivity contribution in [3.63, 3.8) is 0 Å². The molecule has 0 aliphatic carbocycles. The number of aryl methyl sites for hydroxylation is 3. The van der Waals surface area contributed by atoms with Gasteiger partial charge in [-0.05, 0) is 54.2 Å². The molecule has 0 spiro atoms. The second kappa shape index (κ2) is 21.9. The monoisotopic (exact) mass is 592 g/mol. The second-order valence-electron chi connectivity index (χ2n) is 11.1. The van der Waals surface area contributed by atoms with Crippen molar-refractivity contribution in [1.29, 1.82) is 0 Å². The number of hydrogen-bond donors (Lipinski definition) is 0. The SMILES string of the molecule is CCC.CCC.Cc1ccc(-c2ccccc2)cc1.Cc1ccc(-c2ccccc2)cc1.Cc1ccc(-c2ccccc2)cc1. The summed E-state index contributed by atoms with van der Waals surface area (Å²) in [6, 6.07) is 57.1. The smallest absolute Gasteiger partial charge is 0.0184 e. The molecule has 0 aliphatic heterocycles. The van der Waals surface area contributed by atoms with Gasteiger partial charge in [0.15, 0.2) is 0 Å². The van der Waals surface area contributed by atoms with Gasteiger partial charge in [-0.3, -0.25) is 0 Å². The zero-order valence-corrected chi connectivity index (χ0v) is 28.5. The summed E-state index contributed by atoms with van der Waals surface area (Å²) < 4.78 is 0. The van der Waals surface area contributed by atoms with Crippen LogP contribution < -0.4 is 0 Å². The van der Waals surface area contributed by atoms with E-state index in [-0.39, 0.29) is 0 Å². The molecule has 0 aromatic heterocycles. The second-order valence-corrected chi connectivity index (χ2v) is 11.1. The Morgan fingerprint density at radius 2 is 0.400 bits per heavy atom. The van der Waals surface area contributed by atoms with Crippen molar-refractivity contribution < 1.29 is 0 Å². The maximum Gasteiger partial charge on any atom is -0.0184 e. The van der Waals surface area contributed by atoms with E-state index in [2.05, 4.69) is 194 Å². The Labute approximate surface area is 274 Å². The Balaban J connectivity index is 0.000000216. The van der Waals surface area contributed by atoms with E-state index in [1.807, 2.05) is 18.2 Å². The molecule has 6 rings (SSSR count). The van der Waals surface area contributed by atoms with Gasteiger partial charge >= 0.3 is 0 Å². The van der Waals surface area contributed by atoms with Crippen LogP contribution in [0.15, 0.2) is 164 Å². The largest absolute Gasteiger partial charge is 0.0656 e. The third-order valence-electron chi connectivity index (χ3n) is 6.48. The van der Waals surface area contributed by atoms with Gasteiger partial charge in [0.25, 0.3) is 0 Å². The van der Waals surface area contributed by atoms with Crippen LogP contribution in [0, 0.1) is 20.8 Å². The van der Waals surface area contributed by atoms with Crippen LogP contribution in [0.4, 0.5) is 0 Å². The number of rotatable bonds is 3. The molecule has 45 heavy (non-hydrogen) atoms.